The van der Waals surface area contributed by atoms with Crippen LogP contribution < -0.4 is 10.5 Å². The number of esters is 1. The molecule has 0 amide bonds. The molecule has 1 fully saturated rings. The second-order valence-electron chi connectivity index (χ2n) is 8.46. The summed E-state index contributed by atoms with van der Waals surface area (Å²) in [5.74, 6) is 1.01. The number of hydrogen-bond donors (Lipinski definition) is 0. The molecule has 0 spiro atoms. The van der Waals surface area contributed by atoms with Crippen LogP contribution in [-0.2, 0) is 18.4 Å². The van der Waals surface area contributed by atoms with Crippen LogP contribution in [0.25, 0.3) is 27.6 Å². The van der Waals surface area contributed by atoms with E-state index in [1.807, 2.05) is 48.5 Å². The minimum atomic E-state index is -0.467. The van der Waals surface area contributed by atoms with Gasteiger partial charge >= 0.3 is 5.97 Å². The number of nitrogens with zero attached hydrogens (tertiary/aromatic N) is 6. The highest BCUT2D eigenvalue weighted by Crippen LogP contribution is 2.27. The molecule has 0 N–H and O–H groups in total. The molecule has 0 bridgehead atoms. The largest absolute Gasteiger partial charge is 0.454 e. The van der Waals surface area contributed by atoms with Crippen LogP contribution >= 0.6 is 0 Å². The van der Waals surface area contributed by atoms with Gasteiger partial charge in [0.1, 0.15) is 11.4 Å². The molecule has 0 atom stereocenters. The van der Waals surface area contributed by atoms with E-state index >= 15 is 0 Å². The van der Waals surface area contributed by atoms with Gasteiger partial charge in [0.15, 0.2) is 12.4 Å². The van der Waals surface area contributed by atoms with Gasteiger partial charge in [-0.05, 0) is 37.1 Å². The quantitative estimate of drug-likeness (QED) is 0.385. The summed E-state index contributed by atoms with van der Waals surface area (Å²) in [7, 11) is 1.65. The number of benzene rings is 2. The number of rotatable bonds is 4. The van der Waals surface area contributed by atoms with Crippen LogP contribution in [0.15, 0.2) is 59.4 Å². The van der Waals surface area contributed by atoms with E-state index in [9.17, 15) is 9.59 Å². The van der Waals surface area contributed by atoms with Gasteiger partial charge in [0.05, 0.1) is 16.4 Å². The smallest absolute Gasteiger partial charge is 0.342 e. The third kappa shape index (κ3) is 3.20. The summed E-state index contributed by atoms with van der Waals surface area (Å²) in [4.78, 5) is 32.9. The number of carbonyl (C=O) groups excluding carboxylic acids is 1. The van der Waals surface area contributed by atoms with E-state index in [2.05, 4.69) is 15.1 Å². The number of hydrogen-bond acceptors (Lipinski definition) is 7. The SMILES string of the molecule is Cn1c(=O)c2ccccc2n2c(COC(=O)c3cc4ccccc4nc3N3CCCC3)nnc12. The summed E-state index contributed by atoms with van der Waals surface area (Å²) in [6, 6.07) is 16.8. The third-order valence-electron chi connectivity index (χ3n) is 6.35. The summed E-state index contributed by atoms with van der Waals surface area (Å²) >= 11 is 0. The molecule has 0 radical (unpaired) electrons. The molecule has 0 unspecified atom stereocenters. The van der Waals surface area contributed by atoms with Crippen LogP contribution in [0.5, 0.6) is 0 Å². The van der Waals surface area contributed by atoms with Gasteiger partial charge in [-0.3, -0.25) is 13.8 Å². The van der Waals surface area contributed by atoms with Crippen molar-refractivity contribution in [3.63, 3.8) is 0 Å². The monoisotopic (exact) mass is 454 g/mol. The first-order valence-electron chi connectivity index (χ1n) is 11.3. The van der Waals surface area contributed by atoms with Gasteiger partial charge in [-0.25, -0.2) is 9.78 Å². The Morgan fingerprint density at radius 3 is 2.65 bits per heavy atom. The first kappa shape index (κ1) is 20.3. The van der Waals surface area contributed by atoms with E-state index in [0.717, 1.165) is 36.8 Å². The van der Waals surface area contributed by atoms with Gasteiger partial charge in [-0.15, -0.1) is 10.2 Å². The number of pyridine rings is 1. The molecule has 3 aromatic heterocycles. The zero-order valence-corrected chi connectivity index (χ0v) is 18.6. The molecule has 1 aliphatic heterocycles. The van der Waals surface area contributed by atoms with Crippen molar-refractivity contribution in [1.29, 1.82) is 0 Å². The first-order chi connectivity index (χ1) is 16.6. The van der Waals surface area contributed by atoms with E-state index in [1.54, 1.807) is 17.5 Å². The maximum Gasteiger partial charge on any atom is 0.342 e. The fourth-order valence-electron chi connectivity index (χ4n) is 4.62. The predicted octanol–water partition coefficient (Wildman–Crippen LogP) is 3.09. The Bertz CT molecular complexity index is 1630. The zero-order chi connectivity index (χ0) is 23.2. The summed E-state index contributed by atoms with van der Waals surface area (Å²) in [5.41, 5.74) is 1.79. The zero-order valence-electron chi connectivity index (χ0n) is 18.6. The van der Waals surface area contributed by atoms with Gasteiger partial charge in [0.2, 0.25) is 5.78 Å². The second-order valence-corrected chi connectivity index (χ2v) is 8.46. The lowest BCUT2D eigenvalue weighted by atomic mass is 10.1. The minimum Gasteiger partial charge on any atom is -0.454 e. The molecule has 0 aliphatic carbocycles. The Hall–Kier alpha value is -4.27. The van der Waals surface area contributed by atoms with Gasteiger partial charge < -0.3 is 9.64 Å². The molecule has 5 aromatic rings. The highest BCUT2D eigenvalue weighted by atomic mass is 16.5. The molecule has 6 rings (SSSR count). The predicted molar refractivity (Wildman–Crippen MR) is 128 cm³/mol. The Morgan fingerprint density at radius 2 is 1.79 bits per heavy atom. The van der Waals surface area contributed by atoms with Gasteiger partial charge in [-0.1, -0.05) is 30.3 Å². The average molecular weight is 454 g/mol. The van der Waals surface area contributed by atoms with Gasteiger partial charge in [0.25, 0.3) is 5.56 Å². The van der Waals surface area contributed by atoms with Gasteiger partial charge in [0, 0.05) is 25.5 Å². The number of anilines is 1. The minimum absolute atomic E-state index is 0.0888. The van der Waals surface area contributed by atoms with Crippen LogP contribution in [0.2, 0.25) is 0 Å². The van der Waals surface area contributed by atoms with Crippen LogP contribution in [-0.4, -0.2) is 43.2 Å². The number of fused-ring (bicyclic) bond motifs is 4. The lowest BCUT2D eigenvalue weighted by Crippen LogP contribution is -2.23. The van der Waals surface area contributed by atoms with E-state index in [4.69, 9.17) is 9.72 Å². The Morgan fingerprint density at radius 1 is 1.03 bits per heavy atom. The lowest BCUT2D eigenvalue weighted by Gasteiger charge is -2.20. The standard InChI is InChI=1S/C25H22N6O3/c1-29-23(32)17-9-3-5-11-20(17)31-21(27-28-25(29)31)15-34-24(33)18-14-16-8-2-4-10-19(16)26-22(18)30-12-6-7-13-30/h2-5,8-11,14H,6-7,12-13,15H2,1H3. The lowest BCUT2D eigenvalue weighted by molar-refractivity contribution is 0.0462. The van der Waals surface area contributed by atoms with Crippen molar-refractivity contribution in [3.05, 3.63) is 76.3 Å². The van der Waals surface area contributed by atoms with Crippen molar-refractivity contribution in [2.24, 2.45) is 7.05 Å². The fourth-order valence-corrected chi connectivity index (χ4v) is 4.62. The fraction of sp³-hybridized carbons (Fsp3) is 0.240. The van der Waals surface area contributed by atoms with Crippen molar-refractivity contribution in [2.45, 2.75) is 19.4 Å². The van der Waals surface area contributed by atoms with E-state index in [0.29, 0.717) is 33.9 Å². The molecular weight excluding hydrogens is 432 g/mol. The topological polar surface area (TPSA) is 94.6 Å². The summed E-state index contributed by atoms with van der Waals surface area (Å²) in [6.45, 7) is 1.63. The molecule has 170 valence electrons. The summed E-state index contributed by atoms with van der Waals surface area (Å²) in [5, 5.41) is 9.80. The third-order valence-corrected chi connectivity index (χ3v) is 6.35. The van der Waals surface area contributed by atoms with Crippen molar-refractivity contribution < 1.29 is 9.53 Å². The van der Waals surface area contributed by atoms with E-state index in [-0.39, 0.29) is 12.2 Å². The molecule has 2 aromatic carbocycles. The molecule has 9 heteroatoms. The van der Waals surface area contributed by atoms with Crippen molar-refractivity contribution in [1.82, 2.24) is 24.1 Å². The highest BCUT2D eigenvalue weighted by Gasteiger charge is 2.24. The summed E-state index contributed by atoms with van der Waals surface area (Å²) < 4.78 is 8.93. The number of aromatic nitrogens is 5. The Labute approximate surface area is 194 Å². The maximum atomic E-state index is 13.3. The first-order valence-corrected chi connectivity index (χ1v) is 11.3. The van der Waals surface area contributed by atoms with Crippen molar-refractivity contribution in [2.75, 3.05) is 18.0 Å². The van der Waals surface area contributed by atoms with Crippen LogP contribution in [0.3, 0.4) is 0 Å². The molecule has 1 saturated heterocycles. The van der Waals surface area contributed by atoms with Crippen LogP contribution in [0, 0.1) is 0 Å². The van der Waals surface area contributed by atoms with E-state index in [1.165, 1.54) is 4.57 Å². The molecule has 9 nitrogen and oxygen atoms in total. The Kier molecular flexibility index (Phi) is 4.75. The number of aryl methyl sites for hydroxylation is 1. The van der Waals surface area contributed by atoms with Crippen molar-refractivity contribution >= 4 is 39.4 Å². The highest BCUT2D eigenvalue weighted by molar-refractivity contribution is 5.99. The normalized spacial score (nSPS) is 13.9. The Balaban J connectivity index is 1.38. The second kappa shape index (κ2) is 7.95. The maximum absolute atomic E-state index is 13.3. The number of ether oxygens (including phenoxy) is 1. The average Bonchev–Trinajstić information content (AvgIpc) is 3.56. The van der Waals surface area contributed by atoms with Crippen LogP contribution in [0.4, 0.5) is 5.82 Å². The molecule has 4 heterocycles. The number of para-hydroxylation sites is 2. The van der Waals surface area contributed by atoms with E-state index < -0.39 is 5.97 Å². The number of carbonyl (C=O) groups is 1. The molecule has 1 aliphatic rings. The van der Waals surface area contributed by atoms with Gasteiger partial charge in [-0.2, -0.15) is 0 Å². The van der Waals surface area contributed by atoms with Crippen LogP contribution in [0.1, 0.15) is 29.0 Å². The molecular formula is C25H22N6O3. The molecule has 34 heavy (non-hydrogen) atoms. The summed E-state index contributed by atoms with van der Waals surface area (Å²) in [6.07, 6.45) is 2.14. The van der Waals surface area contributed by atoms with Crippen molar-refractivity contribution in [3.8, 4) is 0 Å². The molecule has 0 saturated carbocycles.